The Balaban J connectivity index is 2.05. The van der Waals surface area contributed by atoms with Crippen molar-refractivity contribution < 1.29 is 8.42 Å². The third kappa shape index (κ3) is 9.41. The zero-order valence-electron chi connectivity index (χ0n) is 12.5. The largest absolute Gasteiger partial charge is 0.314 e. The van der Waals surface area contributed by atoms with Gasteiger partial charge in [-0.3, -0.25) is 0 Å². The van der Waals surface area contributed by atoms with Crippen molar-refractivity contribution >= 4 is 10.0 Å². The normalized spacial score (nSPS) is 17.6. The summed E-state index contributed by atoms with van der Waals surface area (Å²) in [6.07, 6.45) is 8.92. The van der Waals surface area contributed by atoms with Crippen molar-refractivity contribution in [2.24, 2.45) is 0 Å². The molecule has 0 radical (unpaired) electrons. The van der Waals surface area contributed by atoms with Crippen molar-refractivity contribution in [3.63, 3.8) is 0 Å². The molecule has 0 bridgehead atoms. The van der Waals surface area contributed by atoms with E-state index in [0.717, 1.165) is 19.4 Å². The van der Waals surface area contributed by atoms with Gasteiger partial charge >= 0.3 is 0 Å². The summed E-state index contributed by atoms with van der Waals surface area (Å²) < 4.78 is 26.5. The molecule has 1 saturated carbocycles. The summed E-state index contributed by atoms with van der Waals surface area (Å²) in [6, 6.07) is 0.728. The van der Waals surface area contributed by atoms with Gasteiger partial charge in [-0.2, -0.15) is 0 Å². The van der Waals surface area contributed by atoms with E-state index in [1.165, 1.54) is 32.1 Å². The van der Waals surface area contributed by atoms with Gasteiger partial charge in [0, 0.05) is 12.1 Å². The molecular formula is C14H30N2O2S. The van der Waals surface area contributed by atoms with E-state index in [2.05, 4.69) is 17.0 Å². The molecule has 1 unspecified atom stereocenters. The SMILES string of the molecule is CCCCCCC(C)NS(=O)(=O)CCCNC1CC1. The maximum absolute atomic E-state index is 11.9. The van der Waals surface area contributed by atoms with E-state index in [1.807, 2.05) is 6.92 Å². The Labute approximate surface area is 118 Å². The van der Waals surface area contributed by atoms with Crippen LogP contribution in [0.1, 0.15) is 65.2 Å². The van der Waals surface area contributed by atoms with Crippen LogP contribution in [-0.4, -0.2) is 32.8 Å². The zero-order valence-corrected chi connectivity index (χ0v) is 13.3. The molecule has 5 heteroatoms. The summed E-state index contributed by atoms with van der Waals surface area (Å²) in [5, 5.41) is 3.34. The first-order valence-electron chi connectivity index (χ1n) is 7.77. The van der Waals surface area contributed by atoms with Crippen LogP contribution in [0.2, 0.25) is 0 Å². The summed E-state index contributed by atoms with van der Waals surface area (Å²) in [7, 11) is -3.09. The molecule has 114 valence electrons. The van der Waals surface area contributed by atoms with Gasteiger partial charge in [0.15, 0.2) is 0 Å². The standard InChI is InChI=1S/C14H30N2O2S/c1-3-4-5-6-8-13(2)16-19(17,18)12-7-11-15-14-9-10-14/h13-16H,3-12H2,1-2H3. The van der Waals surface area contributed by atoms with Gasteiger partial charge in [0.25, 0.3) is 0 Å². The Morgan fingerprint density at radius 1 is 1.16 bits per heavy atom. The number of sulfonamides is 1. The van der Waals surface area contributed by atoms with Crippen LogP contribution in [0.3, 0.4) is 0 Å². The van der Waals surface area contributed by atoms with Crippen LogP contribution in [-0.2, 0) is 10.0 Å². The fourth-order valence-electron chi connectivity index (χ4n) is 2.16. The molecule has 1 fully saturated rings. The summed E-state index contributed by atoms with van der Waals surface area (Å²) >= 11 is 0. The Bertz CT molecular complexity index is 326. The van der Waals surface area contributed by atoms with E-state index in [0.29, 0.717) is 12.5 Å². The van der Waals surface area contributed by atoms with Crippen LogP contribution in [0, 0.1) is 0 Å². The Morgan fingerprint density at radius 3 is 2.53 bits per heavy atom. The molecule has 19 heavy (non-hydrogen) atoms. The maximum atomic E-state index is 11.9. The molecule has 2 N–H and O–H groups in total. The highest BCUT2D eigenvalue weighted by atomic mass is 32.2. The molecule has 1 aliphatic carbocycles. The van der Waals surface area contributed by atoms with Gasteiger partial charge in [-0.25, -0.2) is 13.1 Å². The molecule has 1 aliphatic rings. The minimum absolute atomic E-state index is 0.0678. The van der Waals surface area contributed by atoms with E-state index < -0.39 is 10.0 Å². The van der Waals surface area contributed by atoms with Gasteiger partial charge in [0.05, 0.1) is 5.75 Å². The monoisotopic (exact) mass is 290 g/mol. The molecule has 0 aromatic rings. The molecule has 0 aromatic carbocycles. The van der Waals surface area contributed by atoms with Gasteiger partial charge < -0.3 is 5.32 Å². The van der Waals surface area contributed by atoms with E-state index in [-0.39, 0.29) is 11.8 Å². The second-order valence-corrected chi connectivity index (χ2v) is 7.64. The summed E-state index contributed by atoms with van der Waals surface area (Å²) in [6.45, 7) is 4.96. The fourth-order valence-corrected chi connectivity index (χ4v) is 3.53. The van der Waals surface area contributed by atoms with Crippen molar-refractivity contribution in [3.05, 3.63) is 0 Å². The van der Waals surface area contributed by atoms with E-state index in [9.17, 15) is 8.42 Å². The van der Waals surface area contributed by atoms with Crippen LogP contribution >= 0.6 is 0 Å². The lowest BCUT2D eigenvalue weighted by Crippen LogP contribution is -2.35. The van der Waals surface area contributed by atoms with Gasteiger partial charge in [-0.05, 0) is 39.2 Å². The van der Waals surface area contributed by atoms with Crippen LogP contribution < -0.4 is 10.0 Å². The van der Waals surface area contributed by atoms with E-state index in [1.54, 1.807) is 0 Å². The Hall–Kier alpha value is -0.130. The predicted octanol–water partition coefficient (Wildman–Crippen LogP) is 2.41. The molecule has 4 nitrogen and oxygen atoms in total. The summed E-state index contributed by atoms with van der Waals surface area (Å²) in [4.78, 5) is 0. The molecule has 0 heterocycles. The van der Waals surface area contributed by atoms with Crippen molar-refractivity contribution in [1.29, 1.82) is 0 Å². The fraction of sp³-hybridized carbons (Fsp3) is 1.00. The van der Waals surface area contributed by atoms with Crippen molar-refractivity contribution in [2.45, 2.75) is 77.3 Å². The lowest BCUT2D eigenvalue weighted by Gasteiger charge is -2.14. The van der Waals surface area contributed by atoms with Gasteiger partial charge in [-0.15, -0.1) is 0 Å². The molecule has 1 atom stereocenters. The van der Waals surface area contributed by atoms with Crippen molar-refractivity contribution in [3.8, 4) is 0 Å². The Morgan fingerprint density at radius 2 is 1.89 bits per heavy atom. The lowest BCUT2D eigenvalue weighted by molar-refractivity contribution is 0.519. The molecule has 0 spiro atoms. The van der Waals surface area contributed by atoms with E-state index in [4.69, 9.17) is 0 Å². The number of hydrogen-bond acceptors (Lipinski definition) is 3. The highest BCUT2D eigenvalue weighted by Gasteiger charge is 2.20. The van der Waals surface area contributed by atoms with Gasteiger partial charge in [0.2, 0.25) is 10.0 Å². The third-order valence-corrected chi connectivity index (χ3v) is 5.06. The first kappa shape index (κ1) is 16.9. The average Bonchev–Trinajstić information content (AvgIpc) is 3.14. The molecule has 0 aliphatic heterocycles. The zero-order chi connectivity index (χ0) is 14.1. The molecule has 1 rings (SSSR count). The molecule has 0 aromatic heterocycles. The topological polar surface area (TPSA) is 58.2 Å². The first-order valence-corrected chi connectivity index (χ1v) is 9.42. The molecule has 0 saturated heterocycles. The van der Waals surface area contributed by atoms with E-state index >= 15 is 0 Å². The van der Waals surface area contributed by atoms with Crippen molar-refractivity contribution in [2.75, 3.05) is 12.3 Å². The predicted molar refractivity (Wildman–Crippen MR) is 80.8 cm³/mol. The second-order valence-electron chi connectivity index (χ2n) is 5.77. The smallest absolute Gasteiger partial charge is 0.211 e. The summed E-state index contributed by atoms with van der Waals surface area (Å²) in [5.74, 6) is 0.242. The lowest BCUT2D eigenvalue weighted by atomic mass is 10.1. The minimum atomic E-state index is -3.09. The number of nitrogens with one attached hydrogen (secondary N) is 2. The van der Waals surface area contributed by atoms with Crippen LogP contribution in [0.25, 0.3) is 0 Å². The summed E-state index contributed by atoms with van der Waals surface area (Å²) in [5.41, 5.74) is 0. The third-order valence-electron chi connectivity index (χ3n) is 3.47. The highest BCUT2D eigenvalue weighted by Crippen LogP contribution is 2.18. The minimum Gasteiger partial charge on any atom is -0.314 e. The van der Waals surface area contributed by atoms with Crippen LogP contribution in [0.5, 0.6) is 0 Å². The first-order chi connectivity index (χ1) is 9.03. The number of rotatable bonds is 12. The quantitative estimate of drug-likeness (QED) is 0.543. The average molecular weight is 290 g/mol. The van der Waals surface area contributed by atoms with Crippen LogP contribution in [0.15, 0.2) is 0 Å². The van der Waals surface area contributed by atoms with Crippen molar-refractivity contribution in [1.82, 2.24) is 10.0 Å². The molecule has 0 amide bonds. The maximum Gasteiger partial charge on any atom is 0.211 e. The van der Waals surface area contributed by atoms with Gasteiger partial charge in [-0.1, -0.05) is 32.6 Å². The number of unbranched alkanes of at least 4 members (excludes halogenated alkanes) is 3. The second kappa shape index (κ2) is 8.93. The number of hydrogen-bond donors (Lipinski definition) is 2. The van der Waals surface area contributed by atoms with Gasteiger partial charge in [0.1, 0.15) is 0 Å². The van der Waals surface area contributed by atoms with Crippen LogP contribution in [0.4, 0.5) is 0 Å². The molecular weight excluding hydrogens is 260 g/mol. The Kier molecular flexibility index (Phi) is 7.95. The highest BCUT2D eigenvalue weighted by molar-refractivity contribution is 7.89.